The third kappa shape index (κ3) is 2.55. The number of anilines is 1. The lowest BCUT2D eigenvalue weighted by Crippen LogP contribution is -1.97. The number of aryl methyl sites for hydroxylation is 1. The Morgan fingerprint density at radius 2 is 2.15 bits per heavy atom. The fourth-order valence-electron chi connectivity index (χ4n) is 1.93. The van der Waals surface area contributed by atoms with Crippen LogP contribution in [-0.4, -0.2) is 14.2 Å². The van der Waals surface area contributed by atoms with Gasteiger partial charge >= 0.3 is 0 Å². The van der Waals surface area contributed by atoms with E-state index in [1.165, 1.54) is 0 Å². The molecule has 20 heavy (non-hydrogen) atoms. The van der Waals surface area contributed by atoms with Gasteiger partial charge in [0.25, 0.3) is 5.22 Å². The van der Waals surface area contributed by atoms with Crippen molar-refractivity contribution in [3.05, 3.63) is 47.8 Å². The van der Waals surface area contributed by atoms with Crippen LogP contribution in [0.5, 0.6) is 0 Å². The molecule has 1 aromatic carbocycles. The molecule has 2 N–H and O–H groups in total. The molecule has 0 aliphatic heterocycles. The van der Waals surface area contributed by atoms with Crippen molar-refractivity contribution in [3.63, 3.8) is 0 Å². The first kappa shape index (κ1) is 12.8. The molecule has 0 fully saturated rings. The molecule has 102 valence electrons. The largest absolute Gasteiger partial charge is 0.430 e. The van der Waals surface area contributed by atoms with Crippen LogP contribution in [-0.2, 0) is 16.6 Å². The molecule has 0 aliphatic carbocycles. The summed E-state index contributed by atoms with van der Waals surface area (Å²) in [6.07, 6.45) is 3.46. The van der Waals surface area contributed by atoms with Crippen molar-refractivity contribution in [2.24, 2.45) is 0 Å². The first-order chi connectivity index (χ1) is 9.61. The van der Waals surface area contributed by atoms with Crippen molar-refractivity contribution < 1.29 is 8.63 Å². The number of hydrogen-bond acceptors (Lipinski definition) is 5. The zero-order valence-electron chi connectivity index (χ0n) is 10.9. The fraction of sp³-hybridized carbons (Fsp3) is 0.143. The molecular weight excluding hydrogens is 274 g/mol. The van der Waals surface area contributed by atoms with Gasteiger partial charge in [-0.25, -0.2) is 9.19 Å². The average Bonchev–Trinajstić information content (AvgIpc) is 2.81. The van der Waals surface area contributed by atoms with Crippen molar-refractivity contribution in [2.75, 3.05) is 5.73 Å². The van der Waals surface area contributed by atoms with Crippen LogP contribution in [0.4, 0.5) is 5.69 Å². The predicted octanol–water partition coefficient (Wildman–Crippen LogP) is 2.42. The van der Waals surface area contributed by atoms with Crippen LogP contribution in [0, 0.1) is 6.92 Å². The van der Waals surface area contributed by atoms with Gasteiger partial charge in [0, 0.05) is 18.1 Å². The van der Waals surface area contributed by atoms with E-state index in [1.54, 1.807) is 30.6 Å². The summed E-state index contributed by atoms with van der Waals surface area (Å²) in [4.78, 5) is 8.31. The van der Waals surface area contributed by atoms with E-state index in [-0.39, 0.29) is 5.22 Å². The van der Waals surface area contributed by atoms with Gasteiger partial charge < -0.3 is 10.2 Å². The number of pyridine rings is 1. The number of nitrogen functional groups attached to an aromatic ring is 1. The van der Waals surface area contributed by atoms with Crippen molar-refractivity contribution in [3.8, 4) is 0 Å². The molecule has 1 unspecified atom stereocenters. The summed E-state index contributed by atoms with van der Waals surface area (Å²) < 4.78 is 17.8. The molecule has 0 aliphatic rings. The molecule has 0 saturated heterocycles. The maximum Gasteiger partial charge on any atom is 0.288 e. The third-order valence-corrected chi connectivity index (χ3v) is 3.98. The molecule has 0 saturated carbocycles. The number of hydrogen-bond donors (Lipinski definition) is 1. The van der Waals surface area contributed by atoms with Gasteiger partial charge in [-0.15, -0.1) is 0 Å². The van der Waals surface area contributed by atoms with Crippen molar-refractivity contribution in [1.82, 2.24) is 9.97 Å². The Kier molecular flexibility index (Phi) is 3.23. The molecule has 5 nitrogen and oxygen atoms in total. The SMILES string of the molecule is Cc1cncc(CS(=O)c2nc3cc(N)ccc3o2)c1. The van der Waals surface area contributed by atoms with Gasteiger partial charge in [-0.2, -0.15) is 0 Å². The second-order valence-corrected chi connectivity index (χ2v) is 5.90. The number of aromatic nitrogens is 2. The lowest BCUT2D eigenvalue weighted by atomic mass is 10.2. The Balaban J connectivity index is 1.88. The lowest BCUT2D eigenvalue weighted by molar-refractivity contribution is 0.477. The van der Waals surface area contributed by atoms with Gasteiger partial charge in [-0.1, -0.05) is 6.07 Å². The summed E-state index contributed by atoms with van der Waals surface area (Å²) >= 11 is 0. The Labute approximate surface area is 118 Å². The van der Waals surface area contributed by atoms with Gasteiger partial charge in [-0.3, -0.25) is 4.98 Å². The highest BCUT2D eigenvalue weighted by Crippen LogP contribution is 2.21. The minimum atomic E-state index is -1.34. The minimum absolute atomic E-state index is 0.215. The monoisotopic (exact) mass is 287 g/mol. The molecule has 0 bridgehead atoms. The predicted molar refractivity (Wildman–Crippen MR) is 77.5 cm³/mol. The van der Waals surface area contributed by atoms with E-state index in [0.29, 0.717) is 22.5 Å². The quantitative estimate of drug-likeness (QED) is 0.748. The Bertz CT molecular complexity index is 798. The van der Waals surface area contributed by atoms with E-state index in [4.69, 9.17) is 10.2 Å². The van der Waals surface area contributed by atoms with Crippen LogP contribution >= 0.6 is 0 Å². The zero-order chi connectivity index (χ0) is 14.1. The molecule has 3 rings (SSSR count). The van der Waals surface area contributed by atoms with Gasteiger partial charge in [-0.05, 0) is 36.2 Å². The van der Waals surface area contributed by atoms with E-state index in [1.807, 2.05) is 13.0 Å². The molecule has 1 atom stereocenters. The number of rotatable bonds is 3. The first-order valence-corrected chi connectivity index (χ1v) is 7.39. The highest BCUT2D eigenvalue weighted by molar-refractivity contribution is 7.84. The second-order valence-electron chi connectivity index (χ2n) is 4.57. The van der Waals surface area contributed by atoms with Gasteiger partial charge in [0.05, 0.1) is 5.75 Å². The molecule has 6 heteroatoms. The second kappa shape index (κ2) is 5.05. The molecule has 0 spiro atoms. The standard InChI is InChI=1S/C14H13N3O2S/c1-9-4-10(7-16-6-9)8-20(18)14-17-12-5-11(15)2-3-13(12)19-14/h2-7H,8,15H2,1H3. The Hall–Kier alpha value is -2.21. The Morgan fingerprint density at radius 3 is 2.95 bits per heavy atom. The van der Waals surface area contributed by atoms with E-state index in [9.17, 15) is 4.21 Å². The summed E-state index contributed by atoms with van der Waals surface area (Å²) in [6, 6.07) is 7.11. The van der Waals surface area contributed by atoms with Crippen LogP contribution in [0.2, 0.25) is 0 Å². The van der Waals surface area contributed by atoms with Gasteiger partial charge in [0.2, 0.25) is 0 Å². The summed E-state index contributed by atoms with van der Waals surface area (Å²) in [7, 11) is -1.34. The van der Waals surface area contributed by atoms with Crippen LogP contribution in [0.1, 0.15) is 11.1 Å². The molecule has 2 heterocycles. The van der Waals surface area contributed by atoms with Crippen molar-refractivity contribution in [2.45, 2.75) is 17.9 Å². The van der Waals surface area contributed by atoms with Crippen LogP contribution in [0.15, 0.2) is 46.3 Å². The van der Waals surface area contributed by atoms with Crippen LogP contribution in [0.25, 0.3) is 11.1 Å². The van der Waals surface area contributed by atoms with Crippen molar-refractivity contribution in [1.29, 1.82) is 0 Å². The molecule has 0 radical (unpaired) electrons. The Morgan fingerprint density at radius 1 is 1.30 bits per heavy atom. The fourth-order valence-corrected chi connectivity index (χ4v) is 2.90. The molecule has 0 amide bonds. The van der Waals surface area contributed by atoms with Crippen molar-refractivity contribution >= 4 is 27.6 Å². The summed E-state index contributed by atoms with van der Waals surface area (Å²) in [5.41, 5.74) is 9.42. The van der Waals surface area contributed by atoms with Crippen LogP contribution in [0.3, 0.4) is 0 Å². The maximum atomic E-state index is 12.3. The lowest BCUT2D eigenvalue weighted by Gasteiger charge is -1.99. The average molecular weight is 287 g/mol. The number of fused-ring (bicyclic) bond motifs is 1. The van der Waals surface area contributed by atoms with E-state index < -0.39 is 10.8 Å². The summed E-state index contributed by atoms with van der Waals surface area (Å²) in [5, 5.41) is 0.215. The number of nitrogens with zero attached hydrogens (tertiary/aromatic N) is 2. The molecule has 2 aromatic heterocycles. The summed E-state index contributed by atoms with van der Waals surface area (Å²) in [6.45, 7) is 1.95. The number of oxazole rings is 1. The first-order valence-electron chi connectivity index (χ1n) is 6.07. The summed E-state index contributed by atoms with van der Waals surface area (Å²) in [5.74, 6) is 0.330. The van der Waals surface area contributed by atoms with E-state index >= 15 is 0 Å². The number of benzene rings is 1. The normalized spacial score (nSPS) is 12.7. The van der Waals surface area contributed by atoms with E-state index in [0.717, 1.165) is 11.1 Å². The number of nitrogens with two attached hydrogens (primary N) is 1. The van der Waals surface area contributed by atoms with Crippen LogP contribution < -0.4 is 5.73 Å². The maximum absolute atomic E-state index is 12.3. The highest BCUT2D eigenvalue weighted by atomic mass is 32.2. The molecule has 3 aromatic rings. The smallest absolute Gasteiger partial charge is 0.288 e. The third-order valence-electron chi connectivity index (χ3n) is 2.82. The van der Waals surface area contributed by atoms with Gasteiger partial charge in [0.1, 0.15) is 16.3 Å². The van der Waals surface area contributed by atoms with Gasteiger partial charge in [0.15, 0.2) is 5.58 Å². The molecular formula is C14H13N3O2S. The zero-order valence-corrected chi connectivity index (χ0v) is 11.7. The highest BCUT2D eigenvalue weighted by Gasteiger charge is 2.14. The van der Waals surface area contributed by atoms with E-state index in [2.05, 4.69) is 9.97 Å². The topological polar surface area (TPSA) is 82.0 Å². The minimum Gasteiger partial charge on any atom is -0.430 e.